The fourth-order valence-corrected chi connectivity index (χ4v) is 2.94. The minimum Gasteiger partial charge on any atom is -0.469 e. The van der Waals surface area contributed by atoms with Crippen LogP contribution in [0.15, 0.2) is 45.3 Å². The molecule has 0 bridgehead atoms. The molecule has 2 heterocycles. The summed E-state index contributed by atoms with van der Waals surface area (Å²) in [5.41, 5.74) is 0. The minimum atomic E-state index is 0. The van der Waals surface area contributed by atoms with Gasteiger partial charge in [-0.2, -0.15) is 0 Å². The second kappa shape index (κ2) is 12.4. The number of rotatable bonds is 9. The van der Waals surface area contributed by atoms with Crippen LogP contribution < -0.4 is 5.32 Å². The van der Waals surface area contributed by atoms with E-state index in [9.17, 15) is 0 Å². The molecule has 0 aliphatic rings. The van der Waals surface area contributed by atoms with Crippen LogP contribution in [0.3, 0.4) is 0 Å². The van der Waals surface area contributed by atoms with Gasteiger partial charge in [-0.15, -0.1) is 35.3 Å². The van der Waals surface area contributed by atoms with Crippen molar-refractivity contribution in [2.75, 3.05) is 26.7 Å². The first kappa shape index (κ1) is 21.0. The Labute approximate surface area is 166 Å². The lowest BCUT2D eigenvalue weighted by Crippen LogP contribution is -2.41. The number of nitrogens with one attached hydrogen (secondary N) is 1. The fraction of sp³-hybridized carbons (Fsp3) is 0.500. The van der Waals surface area contributed by atoms with E-state index in [0.29, 0.717) is 0 Å². The lowest BCUT2D eigenvalue weighted by molar-refractivity contribution is 0.475. The van der Waals surface area contributed by atoms with Crippen LogP contribution >= 0.6 is 35.3 Å². The van der Waals surface area contributed by atoms with E-state index in [1.54, 1.807) is 6.26 Å². The topological polar surface area (TPSA) is 40.8 Å². The van der Waals surface area contributed by atoms with Gasteiger partial charge in [0, 0.05) is 38.0 Å². The average molecular weight is 461 g/mol. The van der Waals surface area contributed by atoms with Crippen LogP contribution in [0.1, 0.15) is 30.4 Å². The number of hydrogen-bond donors (Lipinski definition) is 1. The van der Waals surface area contributed by atoms with Crippen LogP contribution in [0, 0.1) is 0 Å². The summed E-state index contributed by atoms with van der Waals surface area (Å²) < 4.78 is 5.38. The summed E-state index contributed by atoms with van der Waals surface area (Å²) in [6, 6.07) is 8.24. The van der Waals surface area contributed by atoms with Gasteiger partial charge in [-0.05, 0) is 36.4 Å². The van der Waals surface area contributed by atoms with Crippen molar-refractivity contribution in [3.05, 3.63) is 46.5 Å². The Hall–Kier alpha value is -1.02. The molecule has 134 valence electrons. The molecule has 2 aromatic rings. The molecule has 0 saturated heterocycles. The first-order valence-corrected chi connectivity index (χ1v) is 9.21. The van der Waals surface area contributed by atoms with Gasteiger partial charge in [-0.1, -0.05) is 19.4 Å². The average Bonchev–Trinajstić information content (AvgIpc) is 3.25. The number of halogens is 1. The second-order valence-electron chi connectivity index (χ2n) is 5.57. The van der Waals surface area contributed by atoms with Crippen molar-refractivity contribution in [3.63, 3.8) is 0 Å². The maximum absolute atomic E-state index is 5.38. The van der Waals surface area contributed by atoms with Crippen molar-refractivity contribution >= 4 is 41.3 Å². The Balaban J connectivity index is 0.00000288. The Morgan fingerprint density at radius 3 is 2.83 bits per heavy atom. The highest BCUT2D eigenvalue weighted by Crippen LogP contribution is 2.09. The summed E-state index contributed by atoms with van der Waals surface area (Å²) in [6.45, 7) is 4.88. The third kappa shape index (κ3) is 7.70. The highest BCUT2D eigenvalue weighted by Gasteiger charge is 2.07. The molecule has 24 heavy (non-hydrogen) atoms. The van der Waals surface area contributed by atoms with Crippen LogP contribution in [0.2, 0.25) is 0 Å². The van der Waals surface area contributed by atoms with Crippen LogP contribution in [0.25, 0.3) is 0 Å². The van der Waals surface area contributed by atoms with E-state index in [1.807, 2.05) is 23.5 Å². The van der Waals surface area contributed by atoms with E-state index < -0.39 is 0 Å². The molecule has 2 rings (SSSR count). The van der Waals surface area contributed by atoms with Gasteiger partial charge in [-0.3, -0.25) is 4.99 Å². The SMILES string of the molecule is CCCCN=C(NCCc1ccco1)N(C)CCc1cccs1.I. The Morgan fingerprint density at radius 2 is 2.17 bits per heavy atom. The predicted molar refractivity (Wildman–Crippen MR) is 114 cm³/mol. The first-order chi connectivity index (χ1) is 11.3. The van der Waals surface area contributed by atoms with Gasteiger partial charge in [0.2, 0.25) is 0 Å². The van der Waals surface area contributed by atoms with Gasteiger partial charge in [0.15, 0.2) is 5.96 Å². The molecule has 0 fully saturated rings. The van der Waals surface area contributed by atoms with E-state index in [1.165, 1.54) is 11.3 Å². The standard InChI is InChI=1S/C18H27N3OS.HI/c1-3-4-11-19-18(20-12-9-16-7-5-14-22-16)21(2)13-10-17-8-6-15-23-17;/h5-8,14-15H,3-4,9-13H2,1-2H3,(H,19,20);1H. The monoisotopic (exact) mass is 461 g/mol. The van der Waals surface area contributed by atoms with Crippen LogP contribution in [0.5, 0.6) is 0 Å². The normalized spacial score (nSPS) is 11.2. The number of aliphatic imine (C=N–C) groups is 1. The van der Waals surface area contributed by atoms with Crippen molar-refractivity contribution in [1.29, 1.82) is 0 Å². The number of unbranched alkanes of at least 4 members (excludes halogenated alkanes) is 1. The van der Waals surface area contributed by atoms with Gasteiger partial charge in [0.05, 0.1) is 6.26 Å². The summed E-state index contributed by atoms with van der Waals surface area (Å²) >= 11 is 1.81. The molecule has 0 aromatic carbocycles. The van der Waals surface area contributed by atoms with Gasteiger partial charge < -0.3 is 14.6 Å². The highest BCUT2D eigenvalue weighted by atomic mass is 127. The second-order valence-corrected chi connectivity index (χ2v) is 6.60. The van der Waals surface area contributed by atoms with Crippen molar-refractivity contribution in [2.24, 2.45) is 4.99 Å². The van der Waals surface area contributed by atoms with E-state index in [2.05, 4.69) is 41.7 Å². The number of guanidine groups is 1. The fourth-order valence-electron chi connectivity index (χ4n) is 2.25. The van der Waals surface area contributed by atoms with Gasteiger partial charge in [0.1, 0.15) is 5.76 Å². The maximum Gasteiger partial charge on any atom is 0.193 e. The number of thiophene rings is 1. The molecule has 0 spiro atoms. The Morgan fingerprint density at radius 1 is 1.29 bits per heavy atom. The van der Waals surface area contributed by atoms with Gasteiger partial charge >= 0.3 is 0 Å². The predicted octanol–water partition coefficient (Wildman–Crippen LogP) is 4.42. The smallest absolute Gasteiger partial charge is 0.193 e. The zero-order chi connectivity index (χ0) is 16.3. The van der Waals surface area contributed by atoms with Crippen molar-refractivity contribution in [3.8, 4) is 0 Å². The summed E-state index contributed by atoms with van der Waals surface area (Å²) in [5, 5.41) is 5.60. The highest BCUT2D eigenvalue weighted by molar-refractivity contribution is 14.0. The summed E-state index contributed by atoms with van der Waals surface area (Å²) in [6.07, 6.45) is 5.95. The van der Waals surface area contributed by atoms with Crippen LogP contribution in [0.4, 0.5) is 0 Å². The molecule has 1 N–H and O–H groups in total. The van der Waals surface area contributed by atoms with Gasteiger partial charge in [-0.25, -0.2) is 0 Å². The molecular weight excluding hydrogens is 433 g/mol. The number of furan rings is 1. The molecule has 0 saturated carbocycles. The zero-order valence-corrected chi connectivity index (χ0v) is 17.7. The van der Waals surface area contributed by atoms with Crippen molar-refractivity contribution in [2.45, 2.75) is 32.6 Å². The van der Waals surface area contributed by atoms with Crippen molar-refractivity contribution in [1.82, 2.24) is 10.2 Å². The molecule has 0 amide bonds. The molecule has 0 aliphatic heterocycles. The third-order valence-electron chi connectivity index (χ3n) is 3.64. The van der Waals surface area contributed by atoms with Gasteiger partial charge in [0.25, 0.3) is 0 Å². The molecule has 2 aromatic heterocycles. The molecule has 6 heteroatoms. The third-order valence-corrected chi connectivity index (χ3v) is 4.58. The quantitative estimate of drug-likeness (QED) is 0.260. The van der Waals surface area contributed by atoms with Crippen LogP contribution in [-0.4, -0.2) is 37.5 Å². The summed E-state index contributed by atoms with van der Waals surface area (Å²) in [5.74, 6) is 1.99. The molecule has 0 unspecified atom stereocenters. The minimum absolute atomic E-state index is 0. The number of likely N-dealkylation sites (N-methyl/N-ethyl adjacent to an activating group) is 1. The van der Waals surface area contributed by atoms with Crippen molar-refractivity contribution < 1.29 is 4.42 Å². The van der Waals surface area contributed by atoms with E-state index >= 15 is 0 Å². The first-order valence-electron chi connectivity index (χ1n) is 8.33. The molecule has 0 atom stereocenters. The zero-order valence-electron chi connectivity index (χ0n) is 14.5. The summed E-state index contributed by atoms with van der Waals surface area (Å²) in [4.78, 5) is 8.37. The lowest BCUT2D eigenvalue weighted by atomic mass is 10.3. The Kier molecular flexibility index (Phi) is 10.8. The van der Waals surface area contributed by atoms with Crippen LogP contribution in [-0.2, 0) is 12.8 Å². The molecular formula is C18H28IN3OS. The Bertz CT molecular complexity index is 555. The molecule has 4 nitrogen and oxygen atoms in total. The van der Waals surface area contributed by atoms with E-state index in [4.69, 9.17) is 9.41 Å². The summed E-state index contributed by atoms with van der Waals surface area (Å²) in [7, 11) is 2.11. The molecule has 0 radical (unpaired) electrons. The number of nitrogens with zero attached hydrogens (tertiary/aromatic N) is 2. The lowest BCUT2D eigenvalue weighted by Gasteiger charge is -2.22. The largest absolute Gasteiger partial charge is 0.469 e. The maximum atomic E-state index is 5.38. The van der Waals surface area contributed by atoms with E-state index in [-0.39, 0.29) is 24.0 Å². The molecule has 0 aliphatic carbocycles. The number of hydrogen-bond acceptors (Lipinski definition) is 3. The van der Waals surface area contributed by atoms with E-state index in [0.717, 1.165) is 50.6 Å².